The molecule has 3 unspecified atom stereocenters. The highest BCUT2D eigenvalue weighted by molar-refractivity contribution is 5.81. The largest absolute Gasteiger partial charge is 0.468 e. The Labute approximate surface area is 129 Å². The summed E-state index contributed by atoms with van der Waals surface area (Å²) in [5.41, 5.74) is -0.438. The Hall–Kier alpha value is -0.610. The minimum absolute atomic E-state index is 0.0711. The number of nitrogens with one attached hydrogen (secondary N) is 1. The fourth-order valence-electron chi connectivity index (χ4n) is 4.49. The van der Waals surface area contributed by atoms with Gasteiger partial charge < -0.3 is 15.0 Å². The summed E-state index contributed by atoms with van der Waals surface area (Å²) >= 11 is 0. The van der Waals surface area contributed by atoms with Crippen molar-refractivity contribution in [3.8, 4) is 0 Å². The van der Waals surface area contributed by atoms with Crippen LogP contribution in [0.2, 0.25) is 0 Å². The maximum absolute atomic E-state index is 12.3. The van der Waals surface area contributed by atoms with Crippen LogP contribution in [-0.4, -0.2) is 49.7 Å². The van der Waals surface area contributed by atoms with E-state index in [2.05, 4.69) is 17.1 Å². The third-order valence-corrected chi connectivity index (χ3v) is 5.80. The number of methoxy groups -OCH3 is 1. The van der Waals surface area contributed by atoms with Crippen molar-refractivity contribution in [3.05, 3.63) is 0 Å². The lowest BCUT2D eigenvalue weighted by molar-refractivity contribution is -0.150. The Bertz CT molecular complexity index is 348. The molecule has 4 nitrogen and oxygen atoms in total. The second-order valence-electron chi connectivity index (χ2n) is 6.68. The first-order chi connectivity index (χ1) is 10.2. The van der Waals surface area contributed by atoms with E-state index in [1.54, 1.807) is 0 Å². The molecule has 0 aromatic rings. The van der Waals surface area contributed by atoms with Gasteiger partial charge in [0.05, 0.1) is 7.11 Å². The van der Waals surface area contributed by atoms with Gasteiger partial charge in [-0.05, 0) is 64.6 Å². The maximum atomic E-state index is 12.3. The summed E-state index contributed by atoms with van der Waals surface area (Å²) in [4.78, 5) is 14.9. The standard InChI is InChI=1S/C17H32N2O2/c1-4-15-9-5-6-12-19(15)13-10-14-8-7-11-17(14,18-2)16(20)21-3/h14-15,18H,4-13H2,1-3H3. The molecule has 1 aliphatic heterocycles. The Morgan fingerprint density at radius 2 is 2.14 bits per heavy atom. The number of nitrogens with zero attached hydrogens (tertiary/aromatic N) is 1. The van der Waals surface area contributed by atoms with Gasteiger partial charge in [-0.2, -0.15) is 0 Å². The number of ether oxygens (including phenoxy) is 1. The van der Waals surface area contributed by atoms with Crippen molar-refractivity contribution >= 4 is 5.97 Å². The molecule has 1 saturated heterocycles. The fraction of sp³-hybridized carbons (Fsp3) is 0.941. The highest BCUT2D eigenvalue weighted by atomic mass is 16.5. The molecule has 1 aliphatic carbocycles. The van der Waals surface area contributed by atoms with Crippen LogP contribution in [0.5, 0.6) is 0 Å². The molecule has 2 fully saturated rings. The summed E-state index contributed by atoms with van der Waals surface area (Å²) in [6.45, 7) is 4.66. The maximum Gasteiger partial charge on any atom is 0.326 e. The van der Waals surface area contributed by atoms with Crippen LogP contribution in [0.25, 0.3) is 0 Å². The van der Waals surface area contributed by atoms with E-state index in [-0.39, 0.29) is 5.97 Å². The van der Waals surface area contributed by atoms with Crippen LogP contribution in [0.1, 0.15) is 58.3 Å². The first-order valence-corrected chi connectivity index (χ1v) is 8.69. The van der Waals surface area contributed by atoms with Gasteiger partial charge in [0.1, 0.15) is 5.54 Å². The van der Waals surface area contributed by atoms with Crippen molar-refractivity contribution < 1.29 is 9.53 Å². The summed E-state index contributed by atoms with van der Waals surface area (Å²) in [7, 11) is 3.42. The average molecular weight is 296 g/mol. The second kappa shape index (κ2) is 7.59. The van der Waals surface area contributed by atoms with E-state index in [1.165, 1.54) is 39.3 Å². The Morgan fingerprint density at radius 1 is 1.33 bits per heavy atom. The SMILES string of the molecule is CCC1CCCCN1CCC1CCCC1(NC)C(=O)OC. The van der Waals surface area contributed by atoms with Crippen LogP contribution in [0.4, 0.5) is 0 Å². The molecule has 0 aromatic heterocycles. The topological polar surface area (TPSA) is 41.6 Å². The molecular weight excluding hydrogens is 264 g/mol. The van der Waals surface area contributed by atoms with E-state index in [1.807, 2.05) is 7.05 Å². The van der Waals surface area contributed by atoms with E-state index < -0.39 is 5.54 Å². The van der Waals surface area contributed by atoms with Crippen molar-refractivity contribution in [1.29, 1.82) is 0 Å². The van der Waals surface area contributed by atoms with E-state index in [4.69, 9.17) is 4.74 Å². The second-order valence-corrected chi connectivity index (χ2v) is 6.68. The fourth-order valence-corrected chi connectivity index (χ4v) is 4.49. The number of rotatable bonds is 6. The molecule has 2 aliphatic rings. The van der Waals surface area contributed by atoms with Gasteiger partial charge in [-0.15, -0.1) is 0 Å². The summed E-state index contributed by atoms with van der Waals surface area (Å²) in [6, 6.07) is 0.752. The molecular formula is C17H32N2O2. The molecule has 4 heteroatoms. The van der Waals surface area contributed by atoms with Gasteiger partial charge in [0, 0.05) is 6.04 Å². The highest BCUT2D eigenvalue weighted by Crippen LogP contribution is 2.39. The van der Waals surface area contributed by atoms with E-state index >= 15 is 0 Å². The van der Waals surface area contributed by atoms with Gasteiger partial charge in [0.2, 0.25) is 0 Å². The molecule has 122 valence electrons. The zero-order valence-corrected chi connectivity index (χ0v) is 14.0. The normalized spacial score (nSPS) is 34.0. The number of carbonyl (C=O) groups excluding carboxylic acids is 1. The van der Waals surface area contributed by atoms with Crippen molar-refractivity contribution in [3.63, 3.8) is 0 Å². The number of carbonyl (C=O) groups is 1. The van der Waals surface area contributed by atoms with Gasteiger partial charge >= 0.3 is 5.97 Å². The highest BCUT2D eigenvalue weighted by Gasteiger charge is 2.48. The number of likely N-dealkylation sites (N-methyl/N-ethyl adjacent to an activating group) is 1. The molecule has 3 atom stereocenters. The van der Waals surface area contributed by atoms with Crippen molar-refractivity contribution in [2.75, 3.05) is 27.2 Å². The summed E-state index contributed by atoms with van der Waals surface area (Å²) < 4.78 is 5.08. The van der Waals surface area contributed by atoms with Crippen LogP contribution in [-0.2, 0) is 9.53 Å². The van der Waals surface area contributed by atoms with E-state index in [0.29, 0.717) is 5.92 Å². The molecule has 0 aromatic carbocycles. The van der Waals surface area contributed by atoms with Gasteiger partial charge in [-0.25, -0.2) is 0 Å². The number of esters is 1. The van der Waals surface area contributed by atoms with Crippen LogP contribution in [0.3, 0.4) is 0 Å². The van der Waals surface area contributed by atoms with Crippen LogP contribution < -0.4 is 5.32 Å². The van der Waals surface area contributed by atoms with Gasteiger partial charge in [-0.1, -0.05) is 19.8 Å². The van der Waals surface area contributed by atoms with Crippen LogP contribution in [0.15, 0.2) is 0 Å². The molecule has 21 heavy (non-hydrogen) atoms. The molecule has 0 bridgehead atoms. The monoisotopic (exact) mass is 296 g/mol. The third kappa shape index (κ3) is 3.42. The third-order valence-electron chi connectivity index (χ3n) is 5.80. The number of likely N-dealkylation sites (tertiary alicyclic amines) is 1. The first-order valence-electron chi connectivity index (χ1n) is 8.69. The smallest absolute Gasteiger partial charge is 0.326 e. The predicted molar refractivity (Wildman–Crippen MR) is 85.3 cm³/mol. The zero-order valence-electron chi connectivity index (χ0n) is 14.0. The Balaban J connectivity index is 1.96. The number of hydrogen-bond acceptors (Lipinski definition) is 4. The van der Waals surface area contributed by atoms with E-state index in [9.17, 15) is 4.79 Å². The molecule has 0 amide bonds. The van der Waals surface area contributed by atoms with Crippen LogP contribution >= 0.6 is 0 Å². The number of hydrogen-bond donors (Lipinski definition) is 1. The first kappa shape index (κ1) is 16.8. The van der Waals surface area contributed by atoms with Gasteiger partial charge in [0.25, 0.3) is 0 Å². The van der Waals surface area contributed by atoms with Crippen molar-refractivity contribution in [2.45, 2.75) is 69.9 Å². The van der Waals surface area contributed by atoms with Crippen molar-refractivity contribution in [2.24, 2.45) is 5.92 Å². The quantitative estimate of drug-likeness (QED) is 0.765. The molecule has 2 rings (SSSR count). The lowest BCUT2D eigenvalue weighted by atomic mass is 9.84. The summed E-state index contributed by atoms with van der Waals surface area (Å²) in [5, 5.41) is 3.30. The molecule has 1 N–H and O–H groups in total. The summed E-state index contributed by atoms with van der Waals surface area (Å²) in [6.07, 6.45) is 9.58. The molecule has 0 radical (unpaired) electrons. The molecule has 1 heterocycles. The minimum atomic E-state index is -0.438. The Morgan fingerprint density at radius 3 is 2.81 bits per heavy atom. The molecule has 1 saturated carbocycles. The minimum Gasteiger partial charge on any atom is -0.468 e. The zero-order chi connectivity index (χ0) is 15.3. The van der Waals surface area contributed by atoms with Crippen molar-refractivity contribution in [1.82, 2.24) is 10.2 Å². The van der Waals surface area contributed by atoms with Crippen LogP contribution in [0, 0.1) is 5.92 Å². The van der Waals surface area contributed by atoms with E-state index in [0.717, 1.165) is 38.3 Å². The lowest BCUT2D eigenvalue weighted by Crippen LogP contribution is -2.54. The van der Waals surface area contributed by atoms with Gasteiger partial charge in [-0.3, -0.25) is 4.79 Å². The number of piperidine rings is 1. The Kier molecular flexibility index (Phi) is 6.06. The van der Waals surface area contributed by atoms with Gasteiger partial charge in [0.15, 0.2) is 0 Å². The predicted octanol–water partition coefficient (Wildman–Crippen LogP) is 2.57. The lowest BCUT2D eigenvalue weighted by Gasteiger charge is -2.38. The molecule has 0 spiro atoms. The average Bonchev–Trinajstić information content (AvgIpc) is 2.96. The summed E-state index contributed by atoms with van der Waals surface area (Å²) in [5.74, 6) is 0.340.